The van der Waals surface area contributed by atoms with Gasteiger partial charge in [0.1, 0.15) is 6.04 Å². The first kappa shape index (κ1) is 38.5. The van der Waals surface area contributed by atoms with Crippen molar-refractivity contribution in [3.63, 3.8) is 0 Å². The van der Waals surface area contributed by atoms with Gasteiger partial charge in [-0.3, -0.25) is 19.8 Å². The number of amides is 2. The molecule has 0 spiro atoms. The van der Waals surface area contributed by atoms with Crippen LogP contribution < -0.4 is 21.3 Å². The molecule has 7 N–H and O–H groups in total. The van der Waals surface area contributed by atoms with Crippen molar-refractivity contribution in [1.29, 1.82) is 0 Å². The van der Waals surface area contributed by atoms with Crippen LogP contribution in [-0.2, 0) is 11.3 Å². The summed E-state index contributed by atoms with van der Waals surface area (Å²) in [5.41, 5.74) is 5.36. The third-order valence-electron chi connectivity index (χ3n) is 6.12. The second kappa shape index (κ2) is 16.9. The molecule has 1 unspecified atom stereocenters. The predicted octanol–water partition coefficient (Wildman–Crippen LogP) is 2.90. The van der Waals surface area contributed by atoms with Gasteiger partial charge in [-0.2, -0.15) is 13.2 Å². The molecule has 1 heterocycles. The van der Waals surface area contributed by atoms with E-state index in [9.17, 15) is 36.6 Å². The largest absolute Gasteiger partial charge is 0.412 e. The fraction of sp³-hybridized carbons (Fsp3) is 0.417. The molecule has 3 rings (SSSR count). The van der Waals surface area contributed by atoms with Crippen molar-refractivity contribution in [3.05, 3.63) is 58.1 Å². The van der Waals surface area contributed by atoms with Gasteiger partial charge in [0.2, 0.25) is 5.91 Å². The standard InChI is InChI=1S/C24H27ClF5N5O3.2ClH.H2O/c25-14-1-4-18(20(11-14)35-9-7-34(8-10-35)6-5-24(28,29)30)33-23(38)15-2-3-17(26)21(27)16(15)12-32-19(13-36)22(31)37;;;/h1-4,11,19,32,36H,5-10,12-13H2,(H2,31,37)(H,33,38);2*1H;1H2. The minimum Gasteiger partial charge on any atom is -0.412 e. The number of carbonyl (C=O) groups excluding carboxylic acids is 2. The van der Waals surface area contributed by atoms with Crippen LogP contribution in [-0.4, -0.2) is 78.8 Å². The maximum absolute atomic E-state index is 14.6. The Morgan fingerprint density at radius 3 is 2.27 bits per heavy atom. The van der Waals surface area contributed by atoms with Crippen LogP contribution in [0.4, 0.5) is 33.3 Å². The Morgan fingerprint density at radius 1 is 1.07 bits per heavy atom. The Labute approximate surface area is 250 Å². The monoisotopic (exact) mass is 653 g/mol. The number of piperazine rings is 1. The first-order valence-electron chi connectivity index (χ1n) is 11.6. The number of hydrogen-bond donors (Lipinski definition) is 4. The molecule has 1 atom stereocenters. The van der Waals surface area contributed by atoms with Gasteiger partial charge in [0.05, 0.1) is 24.4 Å². The molecule has 0 aliphatic carbocycles. The summed E-state index contributed by atoms with van der Waals surface area (Å²) in [4.78, 5) is 28.1. The summed E-state index contributed by atoms with van der Waals surface area (Å²) in [7, 11) is 0. The van der Waals surface area contributed by atoms with Gasteiger partial charge in [0.15, 0.2) is 11.6 Å². The van der Waals surface area contributed by atoms with Crippen LogP contribution in [0.25, 0.3) is 0 Å². The summed E-state index contributed by atoms with van der Waals surface area (Å²) >= 11 is 6.16. The minimum atomic E-state index is -4.24. The van der Waals surface area contributed by atoms with E-state index in [-0.39, 0.29) is 48.0 Å². The number of alkyl halides is 3. The molecule has 1 aliphatic heterocycles. The van der Waals surface area contributed by atoms with Crippen molar-refractivity contribution in [2.24, 2.45) is 5.73 Å². The molecule has 0 radical (unpaired) electrons. The molecule has 17 heteroatoms. The van der Waals surface area contributed by atoms with Crippen LogP contribution >= 0.6 is 36.4 Å². The fourth-order valence-electron chi connectivity index (χ4n) is 4.02. The number of hydrogen-bond acceptors (Lipinski definition) is 6. The van der Waals surface area contributed by atoms with E-state index in [2.05, 4.69) is 10.6 Å². The second-order valence-electron chi connectivity index (χ2n) is 8.72. The predicted molar refractivity (Wildman–Crippen MR) is 150 cm³/mol. The molecule has 2 aromatic carbocycles. The van der Waals surface area contributed by atoms with Crippen LogP contribution in [0.2, 0.25) is 5.02 Å². The van der Waals surface area contributed by atoms with Crippen LogP contribution in [0.3, 0.4) is 0 Å². The van der Waals surface area contributed by atoms with Crippen molar-refractivity contribution >= 4 is 59.6 Å². The number of nitrogens with one attached hydrogen (secondary N) is 2. The molecule has 2 amide bonds. The van der Waals surface area contributed by atoms with Crippen LogP contribution in [0.15, 0.2) is 30.3 Å². The summed E-state index contributed by atoms with van der Waals surface area (Å²) in [6.07, 6.45) is -5.15. The number of nitrogens with two attached hydrogens (primary N) is 1. The highest BCUT2D eigenvalue weighted by Gasteiger charge is 2.29. The van der Waals surface area contributed by atoms with Gasteiger partial charge in [-0.15, -0.1) is 24.8 Å². The zero-order valence-electron chi connectivity index (χ0n) is 21.4. The SMILES string of the molecule is Cl.Cl.NC(=O)C(CO)NCc1c(C(=O)Nc2ccc(Cl)cc2N2CCN(CCC(F)(F)F)CC2)ccc(F)c1F.O. The van der Waals surface area contributed by atoms with E-state index >= 15 is 0 Å². The molecule has 0 saturated carbocycles. The van der Waals surface area contributed by atoms with E-state index in [0.29, 0.717) is 42.6 Å². The van der Waals surface area contributed by atoms with Crippen molar-refractivity contribution in [2.75, 3.05) is 49.5 Å². The number of benzene rings is 2. The van der Waals surface area contributed by atoms with Crippen molar-refractivity contribution in [1.82, 2.24) is 10.2 Å². The molecular weight excluding hydrogens is 624 g/mol. The molecule has 0 aromatic heterocycles. The highest BCUT2D eigenvalue weighted by Crippen LogP contribution is 2.31. The number of carbonyl (C=O) groups is 2. The van der Waals surface area contributed by atoms with E-state index in [1.54, 1.807) is 11.0 Å². The third kappa shape index (κ3) is 10.7. The normalized spacial score (nSPS) is 14.3. The van der Waals surface area contributed by atoms with Gasteiger partial charge in [0.25, 0.3) is 5.91 Å². The lowest BCUT2D eigenvalue weighted by Gasteiger charge is -2.37. The quantitative estimate of drug-likeness (QED) is 0.291. The van der Waals surface area contributed by atoms with E-state index in [1.807, 2.05) is 4.90 Å². The van der Waals surface area contributed by atoms with Crippen LogP contribution in [0.5, 0.6) is 0 Å². The fourth-order valence-corrected chi connectivity index (χ4v) is 4.18. The molecule has 9 nitrogen and oxygen atoms in total. The first-order chi connectivity index (χ1) is 17.9. The van der Waals surface area contributed by atoms with E-state index in [0.717, 1.165) is 12.1 Å². The molecule has 1 fully saturated rings. The zero-order chi connectivity index (χ0) is 28.0. The average Bonchev–Trinajstić information content (AvgIpc) is 2.86. The minimum absolute atomic E-state index is 0. The van der Waals surface area contributed by atoms with Gasteiger partial charge in [-0.1, -0.05) is 11.6 Å². The number of nitrogens with zero attached hydrogens (tertiary/aromatic N) is 2. The zero-order valence-corrected chi connectivity index (χ0v) is 23.8. The number of aliphatic hydroxyl groups is 1. The topological polar surface area (TPSA) is 142 Å². The number of aliphatic hydroxyl groups excluding tert-OH is 1. The lowest BCUT2D eigenvalue weighted by molar-refractivity contribution is -0.138. The number of primary amides is 1. The van der Waals surface area contributed by atoms with Gasteiger partial charge >= 0.3 is 6.18 Å². The first-order valence-corrected chi connectivity index (χ1v) is 12.0. The lowest BCUT2D eigenvalue weighted by Crippen LogP contribution is -2.47. The summed E-state index contributed by atoms with van der Waals surface area (Å²) in [6, 6.07) is 5.26. The lowest BCUT2D eigenvalue weighted by atomic mass is 10.0. The van der Waals surface area contributed by atoms with Gasteiger partial charge in [0, 0.05) is 55.4 Å². The Morgan fingerprint density at radius 2 is 1.71 bits per heavy atom. The third-order valence-corrected chi connectivity index (χ3v) is 6.36. The van der Waals surface area contributed by atoms with E-state index < -0.39 is 55.2 Å². The van der Waals surface area contributed by atoms with E-state index in [4.69, 9.17) is 17.3 Å². The second-order valence-corrected chi connectivity index (χ2v) is 9.15. The smallest absolute Gasteiger partial charge is 0.390 e. The van der Waals surface area contributed by atoms with Crippen molar-refractivity contribution < 1.29 is 42.1 Å². The number of rotatable bonds is 10. The Kier molecular flexibility index (Phi) is 15.8. The van der Waals surface area contributed by atoms with Gasteiger partial charge in [-0.25, -0.2) is 8.78 Å². The maximum atomic E-state index is 14.6. The number of halogens is 8. The van der Waals surface area contributed by atoms with Gasteiger partial charge in [-0.05, 0) is 30.3 Å². The summed E-state index contributed by atoms with van der Waals surface area (Å²) in [5.74, 6) is -4.22. The van der Waals surface area contributed by atoms with Crippen molar-refractivity contribution in [2.45, 2.75) is 25.2 Å². The Balaban J connectivity index is 0.00000533. The Hall–Kier alpha value is -2.46. The summed E-state index contributed by atoms with van der Waals surface area (Å²) in [5, 5.41) is 14.8. The van der Waals surface area contributed by atoms with E-state index in [1.165, 1.54) is 12.1 Å². The molecule has 0 bridgehead atoms. The molecule has 1 aliphatic rings. The van der Waals surface area contributed by atoms with Crippen molar-refractivity contribution in [3.8, 4) is 0 Å². The Bertz CT molecular complexity index is 1170. The highest BCUT2D eigenvalue weighted by molar-refractivity contribution is 6.31. The highest BCUT2D eigenvalue weighted by atomic mass is 35.5. The van der Waals surface area contributed by atoms with Gasteiger partial charge < -0.3 is 26.5 Å². The average molecular weight is 655 g/mol. The van der Waals surface area contributed by atoms with Crippen LogP contribution in [0.1, 0.15) is 22.3 Å². The molecule has 2 aromatic rings. The molecule has 41 heavy (non-hydrogen) atoms. The maximum Gasteiger partial charge on any atom is 0.390 e. The number of anilines is 2. The summed E-state index contributed by atoms with van der Waals surface area (Å²) in [6.45, 7) is 0.186. The molecular formula is C24H31Cl3F5N5O4. The molecule has 1 saturated heterocycles. The summed E-state index contributed by atoms with van der Waals surface area (Å²) < 4.78 is 66.3. The van der Waals surface area contributed by atoms with Crippen LogP contribution in [0, 0.1) is 11.6 Å². The molecule has 232 valence electrons.